The molecule has 0 spiro atoms. The summed E-state index contributed by atoms with van der Waals surface area (Å²) in [6.45, 7) is -0.826. The summed E-state index contributed by atoms with van der Waals surface area (Å²) >= 11 is 0. The second-order valence-corrected chi connectivity index (χ2v) is 11.4. The van der Waals surface area contributed by atoms with E-state index in [1.54, 1.807) is 42.5 Å². The number of aliphatic hydroxyl groups is 2. The molecule has 6 N–H and O–H groups in total. The Morgan fingerprint density at radius 1 is 1.05 bits per heavy atom. The first-order valence-electron chi connectivity index (χ1n) is 11.2. The molecule has 2 unspecified atom stereocenters. The third kappa shape index (κ3) is 6.22. The first-order chi connectivity index (χ1) is 17.9. The number of benzene rings is 3. The Balaban J connectivity index is 1.97. The highest BCUT2D eigenvalue weighted by Crippen LogP contribution is 2.47. The van der Waals surface area contributed by atoms with Crippen LogP contribution in [0.1, 0.15) is 11.7 Å². The van der Waals surface area contributed by atoms with E-state index in [4.69, 9.17) is 9.26 Å². The second-order valence-electron chi connectivity index (χ2n) is 8.43. The Bertz CT molecular complexity index is 1640. The average molecular weight is 564 g/mol. The van der Waals surface area contributed by atoms with Crippen molar-refractivity contribution in [1.29, 1.82) is 0 Å². The number of sulfonamides is 1. The number of methoxy groups -OCH3 is 1. The second kappa shape index (κ2) is 10.8. The summed E-state index contributed by atoms with van der Waals surface area (Å²) in [4.78, 5) is 23.7. The van der Waals surface area contributed by atoms with E-state index in [-0.39, 0.29) is 11.3 Å². The van der Waals surface area contributed by atoms with Gasteiger partial charge in [0.05, 0.1) is 48.1 Å². The number of aromatic nitrogens is 1. The topological polar surface area (TPSA) is 188 Å². The van der Waals surface area contributed by atoms with E-state index in [9.17, 15) is 33.0 Å². The van der Waals surface area contributed by atoms with Gasteiger partial charge in [-0.1, -0.05) is 30.3 Å². The summed E-state index contributed by atoms with van der Waals surface area (Å²) in [5, 5.41) is 24.3. The molecule has 0 radical (unpaired) electrons. The summed E-state index contributed by atoms with van der Waals surface area (Å²) in [6, 6.07) is 16.6. The maximum absolute atomic E-state index is 11.8. The molecule has 12 nitrogen and oxygen atoms in total. The molecular weight excluding hydrogens is 537 g/mol. The van der Waals surface area contributed by atoms with Crippen molar-refractivity contribution >= 4 is 56.7 Å². The van der Waals surface area contributed by atoms with Crippen LogP contribution in [0.5, 0.6) is 5.75 Å². The number of nitrogens with one attached hydrogen (secondary N) is 2. The van der Waals surface area contributed by atoms with E-state index in [0.29, 0.717) is 38.9 Å². The van der Waals surface area contributed by atoms with Crippen LogP contribution in [0.15, 0.2) is 60.7 Å². The summed E-state index contributed by atoms with van der Waals surface area (Å²) in [6.07, 6.45) is -2.24. The van der Waals surface area contributed by atoms with Crippen LogP contribution in [0.3, 0.4) is 0 Å². The molecular formula is C24H26N3O9PS. The smallest absolute Gasteiger partial charge is 0.470 e. The Morgan fingerprint density at radius 3 is 2.42 bits per heavy atom. The number of anilines is 3. The van der Waals surface area contributed by atoms with Gasteiger partial charge in [0.1, 0.15) is 18.0 Å². The van der Waals surface area contributed by atoms with Gasteiger partial charge < -0.3 is 30.1 Å². The number of nitrogens with zero attached hydrogens (tertiary/aromatic N) is 1. The standard InChI is InChI=1S/C24H26N3O9PS/c1-35-21-12-14(27-38(2,33)34)10-11-18(21)26-23-15-6-3-4-8-17(15)25-19-9-5-7-16(22(19)23)24(20(29)13-28)36-37(30,31)32/h3-12,20,24,27-29H,13H2,1-2H3,(H,25,26)(H2,30,31,32). The highest BCUT2D eigenvalue weighted by molar-refractivity contribution is 7.92. The zero-order valence-electron chi connectivity index (χ0n) is 20.3. The molecule has 4 rings (SSSR count). The monoisotopic (exact) mass is 563 g/mol. The van der Waals surface area contributed by atoms with Gasteiger partial charge in [0.25, 0.3) is 0 Å². The van der Waals surface area contributed by atoms with Crippen molar-refractivity contribution in [2.75, 3.05) is 30.0 Å². The van der Waals surface area contributed by atoms with Crippen molar-refractivity contribution in [2.45, 2.75) is 12.2 Å². The molecule has 4 aromatic rings. The van der Waals surface area contributed by atoms with Crippen molar-refractivity contribution in [3.63, 3.8) is 0 Å². The van der Waals surface area contributed by atoms with Crippen LogP contribution in [0.2, 0.25) is 0 Å². The highest BCUT2D eigenvalue weighted by Gasteiger charge is 2.32. The van der Waals surface area contributed by atoms with Gasteiger partial charge in [-0.15, -0.1) is 0 Å². The van der Waals surface area contributed by atoms with E-state index in [2.05, 4.69) is 15.0 Å². The number of phosphoric ester groups is 1. The Kier molecular flexibility index (Phi) is 7.90. The van der Waals surface area contributed by atoms with Crippen LogP contribution in [0, 0.1) is 0 Å². The van der Waals surface area contributed by atoms with Crippen LogP contribution in [-0.4, -0.2) is 59.5 Å². The fourth-order valence-corrected chi connectivity index (χ4v) is 5.23. The van der Waals surface area contributed by atoms with Crippen LogP contribution in [0.4, 0.5) is 17.1 Å². The van der Waals surface area contributed by atoms with Gasteiger partial charge in [0.15, 0.2) is 0 Å². The van der Waals surface area contributed by atoms with Gasteiger partial charge in [-0.25, -0.2) is 18.0 Å². The fourth-order valence-electron chi connectivity index (χ4n) is 4.12. The molecule has 1 heterocycles. The lowest BCUT2D eigenvalue weighted by molar-refractivity contribution is -0.0141. The van der Waals surface area contributed by atoms with Gasteiger partial charge in [-0.3, -0.25) is 9.25 Å². The maximum Gasteiger partial charge on any atom is 0.470 e. The first kappa shape index (κ1) is 27.7. The molecule has 0 saturated heterocycles. The van der Waals surface area contributed by atoms with E-state index in [0.717, 1.165) is 6.26 Å². The van der Waals surface area contributed by atoms with Crippen molar-refractivity contribution in [3.8, 4) is 5.75 Å². The number of hydrogen-bond donors (Lipinski definition) is 6. The average Bonchev–Trinajstić information content (AvgIpc) is 2.85. The van der Waals surface area contributed by atoms with Gasteiger partial charge >= 0.3 is 7.82 Å². The lowest BCUT2D eigenvalue weighted by Crippen LogP contribution is -2.24. The molecule has 0 aliphatic rings. The predicted octanol–water partition coefficient (Wildman–Crippen LogP) is 3.02. The van der Waals surface area contributed by atoms with Gasteiger partial charge in [-0.2, -0.15) is 0 Å². The Morgan fingerprint density at radius 2 is 1.76 bits per heavy atom. The van der Waals surface area contributed by atoms with Crippen LogP contribution >= 0.6 is 7.82 Å². The largest absolute Gasteiger partial charge is 0.494 e. The molecule has 202 valence electrons. The predicted molar refractivity (Wildman–Crippen MR) is 143 cm³/mol. The van der Waals surface area contributed by atoms with Crippen LogP contribution in [-0.2, 0) is 19.1 Å². The van der Waals surface area contributed by atoms with Crippen LogP contribution < -0.4 is 14.8 Å². The van der Waals surface area contributed by atoms with E-state index >= 15 is 0 Å². The lowest BCUT2D eigenvalue weighted by Gasteiger charge is -2.25. The van der Waals surface area contributed by atoms with Crippen molar-refractivity contribution < 1.29 is 42.2 Å². The normalized spacial score (nSPS) is 13.8. The number of rotatable bonds is 10. The third-order valence-corrected chi connectivity index (χ3v) is 6.71. The lowest BCUT2D eigenvalue weighted by atomic mass is 9.96. The molecule has 3 aromatic carbocycles. The Hall–Kier alpha value is -3.29. The fraction of sp³-hybridized carbons (Fsp3) is 0.208. The zero-order valence-corrected chi connectivity index (χ0v) is 22.0. The minimum atomic E-state index is -5.09. The zero-order chi connectivity index (χ0) is 27.7. The molecule has 1 aromatic heterocycles. The molecule has 0 saturated carbocycles. The molecule has 0 aliphatic heterocycles. The number of ether oxygens (including phenoxy) is 1. The number of fused-ring (bicyclic) bond motifs is 2. The number of hydrogen-bond acceptors (Lipinski definition) is 9. The van der Waals surface area contributed by atoms with Gasteiger partial charge in [0, 0.05) is 16.8 Å². The number of pyridine rings is 1. The summed E-state index contributed by atoms with van der Waals surface area (Å²) in [7, 11) is -7.20. The van der Waals surface area contributed by atoms with Crippen molar-refractivity contribution in [2.24, 2.45) is 0 Å². The molecule has 38 heavy (non-hydrogen) atoms. The first-order valence-corrected chi connectivity index (χ1v) is 14.6. The third-order valence-electron chi connectivity index (χ3n) is 5.60. The number of aliphatic hydroxyl groups excluding tert-OH is 2. The SMILES string of the molecule is COc1cc(NS(C)(=O)=O)ccc1Nc1c2ccccc2nc2cccc(C(OP(=O)(O)O)C(O)CO)c12. The molecule has 0 aliphatic carbocycles. The summed E-state index contributed by atoms with van der Waals surface area (Å²) in [5.41, 5.74) is 2.36. The van der Waals surface area contributed by atoms with Crippen LogP contribution in [0.25, 0.3) is 21.8 Å². The van der Waals surface area contributed by atoms with Crippen molar-refractivity contribution in [1.82, 2.24) is 4.98 Å². The summed E-state index contributed by atoms with van der Waals surface area (Å²) in [5.74, 6) is 0.295. The molecule has 14 heteroatoms. The van der Waals surface area contributed by atoms with Gasteiger partial charge in [-0.05, 0) is 29.8 Å². The molecule has 0 fully saturated rings. The minimum Gasteiger partial charge on any atom is -0.494 e. The van der Waals surface area contributed by atoms with E-state index in [1.165, 1.54) is 25.3 Å². The molecule has 0 bridgehead atoms. The van der Waals surface area contributed by atoms with Crippen molar-refractivity contribution in [3.05, 3.63) is 66.2 Å². The number of para-hydroxylation sites is 1. The highest BCUT2D eigenvalue weighted by atomic mass is 32.2. The Labute approximate surface area is 218 Å². The van der Waals surface area contributed by atoms with E-state index in [1.807, 2.05) is 0 Å². The molecule has 2 atom stereocenters. The maximum atomic E-state index is 11.8. The summed E-state index contributed by atoms with van der Waals surface area (Å²) < 4.78 is 47.9. The van der Waals surface area contributed by atoms with Gasteiger partial charge in [0.2, 0.25) is 10.0 Å². The quantitative estimate of drug-likeness (QED) is 0.123. The minimum absolute atomic E-state index is 0.169. The van der Waals surface area contributed by atoms with E-state index < -0.39 is 36.7 Å². The molecule has 0 amide bonds. The number of phosphoric acid groups is 1.